The Balaban J connectivity index is 2.18. The summed E-state index contributed by atoms with van der Waals surface area (Å²) in [5.74, 6) is 0.199. The second-order valence-electron chi connectivity index (χ2n) is 4.57. The summed E-state index contributed by atoms with van der Waals surface area (Å²) in [6.07, 6.45) is 0. The van der Waals surface area contributed by atoms with Gasteiger partial charge in [0.25, 0.3) is 5.69 Å². The van der Waals surface area contributed by atoms with Gasteiger partial charge in [0, 0.05) is 6.07 Å². The zero-order valence-electron chi connectivity index (χ0n) is 12.6. The van der Waals surface area contributed by atoms with E-state index in [1.807, 2.05) is 0 Å². The number of hydrogen-bond donors (Lipinski definition) is 0. The Labute approximate surface area is 132 Å². The first-order valence-electron chi connectivity index (χ1n) is 6.67. The molecule has 0 spiro atoms. The number of hydrogen-bond acceptors (Lipinski definition) is 6. The Hall–Kier alpha value is -3.09. The highest BCUT2D eigenvalue weighted by atomic mass is 16.6. The normalized spacial score (nSPS) is 10.0. The topological polar surface area (TPSA) is 87.9 Å². The van der Waals surface area contributed by atoms with E-state index in [2.05, 4.69) is 4.74 Å². The average molecular weight is 317 g/mol. The molecule has 0 aliphatic carbocycles. The maximum absolute atomic E-state index is 11.5. The minimum atomic E-state index is -0.510. The van der Waals surface area contributed by atoms with Gasteiger partial charge in [-0.2, -0.15) is 0 Å². The molecule has 7 heteroatoms. The van der Waals surface area contributed by atoms with Crippen molar-refractivity contribution in [2.75, 3.05) is 14.2 Å². The van der Waals surface area contributed by atoms with Crippen molar-refractivity contribution >= 4 is 11.7 Å². The molecule has 0 fully saturated rings. The fourth-order valence-corrected chi connectivity index (χ4v) is 1.96. The third-order valence-electron chi connectivity index (χ3n) is 3.10. The molecule has 0 N–H and O–H groups in total. The van der Waals surface area contributed by atoms with Crippen LogP contribution in [-0.2, 0) is 11.3 Å². The van der Waals surface area contributed by atoms with Crippen LogP contribution in [0.1, 0.15) is 15.9 Å². The second-order valence-corrected chi connectivity index (χ2v) is 4.57. The fraction of sp³-hybridized carbons (Fsp3) is 0.188. The fourth-order valence-electron chi connectivity index (χ4n) is 1.96. The molecule has 0 aliphatic rings. The van der Waals surface area contributed by atoms with E-state index in [0.717, 1.165) is 5.56 Å². The quantitative estimate of drug-likeness (QED) is 0.462. The number of esters is 1. The van der Waals surface area contributed by atoms with E-state index in [1.54, 1.807) is 24.3 Å². The molecule has 0 saturated carbocycles. The maximum Gasteiger partial charge on any atom is 0.337 e. The Morgan fingerprint density at radius 1 is 1.13 bits per heavy atom. The van der Waals surface area contributed by atoms with Gasteiger partial charge in [0.2, 0.25) is 0 Å². The van der Waals surface area contributed by atoms with Gasteiger partial charge in [0.1, 0.15) is 6.61 Å². The van der Waals surface area contributed by atoms with Crippen LogP contribution in [0.5, 0.6) is 11.5 Å². The number of benzene rings is 2. The Bertz CT molecular complexity index is 728. The molecule has 2 aromatic rings. The largest absolute Gasteiger partial charge is 0.493 e. The first-order chi connectivity index (χ1) is 11.0. The van der Waals surface area contributed by atoms with Gasteiger partial charge in [0.05, 0.1) is 30.8 Å². The molecule has 0 unspecified atom stereocenters. The summed E-state index contributed by atoms with van der Waals surface area (Å²) < 4.78 is 15.4. The summed E-state index contributed by atoms with van der Waals surface area (Å²) in [5, 5.41) is 10.8. The van der Waals surface area contributed by atoms with Crippen LogP contribution in [-0.4, -0.2) is 25.1 Å². The molecule has 120 valence electrons. The Morgan fingerprint density at radius 2 is 1.91 bits per heavy atom. The zero-order valence-corrected chi connectivity index (χ0v) is 12.6. The van der Waals surface area contributed by atoms with Gasteiger partial charge in [-0.1, -0.05) is 12.1 Å². The number of nitro groups is 1. The van der Waals surface area contributed by atoms with Crippen molar-refractivity contribution in [3.63, 3.8) is 0 Å². The van der Waals surface area contributed by atoms with Crippen LogP contribution < -0.4 is 9.47 Å². The van der Waals surface area contributed by atoms with E-state index in [1.165, 1.54) is 32.4 Å². The summed E-state index contributed by atoms with van der Waals surface area (Å²) in [5.41, 5.74) is 1.03. The van der Waals surface area contributed by atoms with Crippen LogP contribution in [0.25, 0.3) is 0 Å². The number of ether oxygens (including phenoxy) is 3. The molecule has 2 aromatic carbocycles. The van der Waals surface area contributed by atoms with Crippen LogP contribution in [0, 0.1) is 10.1 Å². The van der Waals surface area contributed by atoms with Crippen molar-refractivity contribution in [1.29, 1.82) is 0 Å². The number of nitro benzene ring substituents is 1. The first kappa shape index (κ1) is 16.3. The standard InChI is InChI=1S/C16H15NO6/c1-21-14-7-6-13(17(19)20)9-15(14)23-10-11-4-3-5-12(8-11)16(18)22-2/h3-9H,10H2,1-2H3. The molecule has 0 saturated heterocycles. The van der Waals surface area contributed by atoms with Gasteiger partial charge in [-0.25, -0.2) is 4.79 Å². The van der Waals surface area contributed by atoms with Crippen molar-refractivity contribution in [2.24, 2.45) is 0 Å². The predicted octanol–water partition coefficient (Wildman–Crippen LogP) is 2.97. The minimum Gasteiger partial charge on any atom is -0.493 e. The van der Waals surface area contributed by atoms with Gasteiger partial charge in [-0.15, -0.1) is 0 Å². The number of non-ortho nitro benzene ring substituents is 1. The summed E-state index contributed by atoms with van der Waals surface area (Å²) in [4.78, 5) is 21.8. The van der Waals surface area contributed by atoms with Gasteiger partial charge in [-0.05, 0) is 23.8 Å². The average Bonchev–Trinajstić information content (AvgIpc) is 2.59. The third-order valence-corrected chi connectivity index (χ3v) is 3.10. The van der Waals surface area contributed by atoms with E-state index in [0.29, 0.717) is 11.3 Å². The van der Waals surface area contributed by atoms with Crippen molar-refractivity contribution < 1.29 is 23.9 Å². The Kier molecular flexibility index (Phi) is 5.14. The molecule has 0 aromatic heterocycles. The lowest BCUT2D eigenvalue weighted by atomic mass is 10.1. The lowest BCUT2D eigenvalue weighted by Crippen LogP contribution is -2.03. The van der Waals surface area contributed by atoms with Gasteiger partial charge in [0.15, 0.2) is 11.5 Å². The number of rotatable bonds is 6. The van der Waals surface area contributed by atoms with Crippen molar-refractivity contribution in [1.82, 2.24) is 0 Å². The second kappa shape index (κ2) is 7.26. The molecule has 0 radical (unpaired) electrons. The predicted molar refractivity (Wildman–Crippen MR) is 81.8 cm³/mol. The van der Waals surface area contributed by atoms with Gasteiger partial charge in [-0.3, -0.25) is 10.1 Å². The zero-order chi connectivity index (χ0) is 16.8. The summed E-state index contributed by atoms with van der Waals surface area (Å²) in [6, 6.07) is 10.8. The first-order valence-corrected chi connectivity index (χ1v) is 6.67. The van der Waals surface area contributed by atoms with Crippen LogP contribution >= 0.6 is 0 Å². The number of carbonyl (C=O) groups is 1. The van der Waals surface area contributed by atoms with E-state index in [-0.39, 0.29) is 18.0 Å². The van der Waals surface area contributed by atoms with Crippen molar-refractivity contribution in [2.45, 2.75) is 6.61 Å². The molecule has 0 heterocycles. The molecule has 0 atom stereocenters. The van der Waals surface area contributed by atoms with Crippen LogP contribution in [0.2, 0.25) is 0 Å². The Morgan fingerprint density at radius 3 is 2.57 bits per heavy atom. The summed E-state index contributed by atoms with van der Waals surface area (Å²) >= 11 is 0. The van der Waals surface area contributed by atoms with Crippen LogP contribution in [0.3, 0.4) is 0 Å². The molecule has 0 bridgehead atoms. The minimum absolute atomic E-state index is 0.0934. The molecular formula is C16H15NO6. The number of nitrogens with zero attached hydrogens (tertiary/aromatic N) is 1. The van der Waals surface area contributed by atoms with Crippen molar-refractivity contribution in [3.05, 3.63) is 63.7 Å². The number of carbonyl (C=O) groups excluding carboxylic acids is 1. The number of methoxy groups -OCH3 is 2. The van der Waals surface area contributed by atoms with E-state index >= 15 is 0 Å². The lowest BCUT2D eigenvalue weighted by Gasteiger charge is -2.11. The highest BCUT2D eigenvalue weighted by Crippen LogP contribution is 2.31. The molecule has 2 rings (SSSR count). The van der Waals surface area contributed by atoms with Gasteiger partial charge >= 0.3 is 5.97 Å². The molecule has 0 aliphatic heterocycles. The van der Waals surface area contributed by atoms with E-state index in [4.69, 9.17) is 9.47 Å². The van der Waals surface area contributed by atoms with Crippen molar-refractivity contribution in [3.8, 4) is 11.5 Å². The molecule has 23 heavy (non-hydrogen) atoms. The molecule has 0 amide bonds. The summed E-state index contributed by atoms with van der Waals surface area (Å²) in [6.45, 7) is 0.127. The molecule has 7 nitrogen and oxygen atoms in total. The summed E-state index contributed by atoms with van der Waals surface area (Å²) in [7, 11) is 2.76. The third kappa shape index (κ3) is 3.97. The maximum atomic E-state index is 11.5. The monoisotopic (exact) mass is 317 g/mol. The highest BCUT2D eigenvalue weighted by Gasteiger charge is 2.13. The van der Waals surface area contributed by atoms with Crippen LogP contribution in [0.4, 0.5) is 5.69 Å². The highest BCUT2D eigenvalue weighted by molar-refractivity contribution is 5.89. The smallest absolute Gasteiger partial charge is 0.337 e. The van der Waals surface area contributed by atoms with E-state index < -0.39 is 10.9 Å². The van der Waals surface area contributed by atoms with Gasteiger partial charge < -0.3 is 14.2 Å². The SMILES string of the molecule is COC(=O)c1cccc(COc2cc([N+](=O)[O-])ccc2OC)c1. The van der Waals surface area contributed by atoms with Crippen LogP contribution in [0.15, 0.2) is 42.5 Å². The molecular weight excluding hydrogens is 302 g/mol. The lowest BCUT2D eigenvalue weighted by molar-refractivity contribution is -0.385. The van der Waals surface area contributed by atoms with E-state index in [9.17, 15) is 14.9 Å².